The molecule has 1 fully saturated rings. The zero-order valence-corrected chi connectivity index (χ0v) is 12.9. The Morgan fingerprint density at radius 2 is 2.05 bits per heavy atom. The van der Waals surface area contributed by atoms with Crippen molar-refractivity contribution in [1.29, 1.82) is 0 Å². The first-order valence-corrected chi connectivity index (χ1v) is 8.01. The van der Waals surface area contributed by atoms with Gasteiger partial charge in [-0.05, 0) is 30.9 Å². The molecule has 2 N–H and O–H groups in total. The Bertz CT molecular complexity index is 611. The highest BCUT2D eigenvalue weighted by Gasteiger charge is 2.21. The second-order valence-corrected chi connectivity index (χ2v) is 5.95. The van der Waals surface area contributed by atoms with E-state index in [0.29, 0.717) is 12.0 Å². The summed E-state index contributed by atoms with van der Waals surface area (Å²) in [5, 5.41) is 7.83. The fourth-order valence-electron chi connectivity index (χ4n) is 3.28. The molecule has 0 aliphatic heterocycles. The number of nitrogens with zero attached hydrogens (tertiary/aromatic N) is 2. The Hall–Kier alpha value is -1.84. The van der Waals surface area contributed by atoms with Gasteiger partial charge >= 0.3 is 0 Å². The highest BCUT2D eigenvalue weighted by molar-refractivity contribution is 5.90. The molecule has 1 aliphatic rings. The van der Waals surface area contributed by atoms with E-state index in [1.807, 2.05) is 25.2 Å². The zero-order chi connectivity index (χ0) is 14.7. The molecule has 0 bridgehead atoms. The van der Waals surface area contributed by atoms with Crippen LogP contribution in [0.5, 0.6) is 0 Å². The quantitative estimate of drug-likeness (QED) is 0.889. The molecule has 2 aromatic rings. The van der Waals surface area contributed by atoms with E-state index in [-0.39, 0.29) is 0 Å². The van der Waals surface area contributed by atoms with Gasteiger partial charge in [0.1, 0.15) is 5.82 Å². The van der Waals surface area contributed by atoms with E-state index >= 15 is 0 Å². The number of anilines is 2. The van der Waals surface area contributed by atoms with Gasteiger partial charge in [-0.1, -0.05) is 38.3 Å². The lowest BCUT2D eigenvalue weighted by molar-refractivity contribution is 0.327. The number of hydrogen-bond donors (Lipinski definition) is 2. The van der Waals surface area contributed by atoms with Crippen molar-refractivity contribution in [3.8, 4) is 0 Å². The Kier molecular flexibility index (Phi) is 4.23. The van der Waals surface area contributed by atoms with Gasteiger partial charge in [0, 0.05) is 18.5 Å². The molecule has 1 aromatic heterocycles. The summed E-state index contributed by atoms with van der Waals surface area (Å²) in [4.78, 5) is 9.15. The molecule has 2 unspecified atom stereocenters. The van der Waals surface area contributed by atoms with Crippen molar-refractivity contribution in [2.24, 2.45) is 5.92 Å². The monoisotopic (exact) mass is 284 g/mol. The van der Waals surface area contributed by atoms with Gasteiger partial charge in [0.2, 0.25) is 5.95 Å². The first-order chi connectivity index (χ1) is 10.3. The lowest BCUT2D eigenvalue weighted by Gasteiger charge is -2.29. The van der Waals surface area contributed by atoms with Crippen molar-refractivity contribution in [3.63, 3.8) is 0 Å². The van der Waals surface area contributed by atoms with Crippen LogP contribution in [0, 0.1) is 5.92 Å². The molecule has 0 radical (unpaired) electrons. The van der Waals surface area contributed by atoms with Crippen LogP contribution < -0.4 is 10.6 Å². The number of aromatic nitrogens is 2. The summed E-state index contributed by atoms with van der Waals surface area (Å²) in [6.45, 7) is 2.30. The minimum Gasteiger partial charge on any atom is -0.367 e. The third-order valence-electron chi connectivity index (χ3n) is 4.53. The Morgan fingerprint density at radius 3 is 2.86 bits per heavy atom. The molecule has 3 rings (SSSR count). The van der Waals surface area contributed by atoms with Gasteiger partial charge in [0.05, 0.1) is 5.52 Å². The van der Waals surface area contributed by atoms with Crippen molar-refractivity contribution in [2.45, 2.75) is 45.1 Å². The minimum atomic E-state index is 0.534. The number of hydrogen-bond acceptors (Lipinski definition) is 4. The van der Waals surface area contributed by atoms with Crippen LogP contribution in [0.4, 0.5) is 11.8 Å². The van der Waals surface area contributed by atoms with E-state index in [9.17, 15) is 0 Å². The van der Waals surface area contributed by atoms with Crippen molar-refractivity contribution < 1.29 is 0 Å². The predicted octanol–water partition coefficient (Wildman–Crippen LogP) is 4.05. The first kappa shape index (κ1) is 14.1. The average Bonchev–Trinajstić information content (AvgIpc) is 2.55. The van der Waals surface area contributed by atoms with Crippen molar-refractivity contribution in [2.75, 3.05) is 17.7 Å². The van der Waals surface area contributed by atoms with Crippen LogP contribution in [0.1, 0.15) is 39.0 Å². The summed E-state index contributed by atoms with van der Waals surface area (Å²) >= 11 is 0. The van der Waals surface area contributed by atoms with Gasteiger partial charge < -0.3 is 10.6 Å². The summed E-state index contributed by atoms with van der Waals surface area (Å²) < 4.78 is 0. The Balaban J connectivity index is 1.88. The molecule has 21 heavy (non-hydrogen) atoms. The van der Waals surface area contributed by atoms with Crippen LogP contribution in [0.2, 0.25) is 0 Å². The minimum absolute atomic E-state index is 0.534. The third-order valence-corrected chi connectivity index (χ3v) is 4.53. The molecule has 0 saturated heterocycles. The van der Waals surface area contributed by atoms with E-state index in [4.69, 9.17) is 0 Å². The Labute approximate surface area is 126 Å². The second-order valence-electron chi connectivity index (χ2n) is 5.95. The molecule has 4 heteroatoms. The predicted molar refractivity (Wildman–Crippen MR) is 88.7 cm³/mol. The summed E-state index contributed by atoms with van der Waals surface area (Å²) in [5.41, 5.74) is 0.988. The van der Waals surface area contributed by atoms with Crippen LogP contribution in [0.15, 0.2) is 24.3 Å². The van der Waals surface area contributed by atoms with Gasteiger partial charge in [0.15, 0.2) is 0 Å². The fourth-order valence-corrected chi connectivity index (χ4v) is 3.28. The molecular weight excluding hydrogens is 260 g/mol. The first-order valence-electron chi connectivity index (χ1n) is 8.01. The molecule has 1 aromatic carbocycles. The number of nitrogens with one attached hydrogen (secondary N) is 2. The largest absolute Gasteiger partial charge is 0.367 e. The van der Waals surface area contributed by atoms with E-state index < -0.39 is 0 Å². The number of para-hydroxylation sites is 1. The highest BCUT2D eigenvalue weighted by Crippen LogP contribution is 2.30. The van der Waals surface area contributed by atoms with Crippen LogP contribution in [-0.2, 0) is 0 Å². The van der Waals surface area contributed by atoms with Crippen molar-refractivity contribution in [1.82, 2.24) is 9.97 Å². The lowest BCUT2D eigenvalue weighted by atomic mass is 9.84. The standard InChI is InChI=1S/C17H24N4/c1-3-12-7-6-8-13(11-12)19-16-14-9-4-5-10-15(14)20-17(18-2)21-16/h4-5,9-10,12-13H,3,6-8,11H2,1-2H3,(H2,18,19,20,21). The van der Waals surface area contributed by atoms with Gasteiger partial charge in [-0.25, -0.2) is 4.98 Å². The zero-order valence-electron chi connectivity index (χ0n) is 12.9. The van der Waals surface area contributed by atoms with Gasteiger partial charge in [-0.15, -0.1) is 0 Å². The van der Waals surface area contributed by atoms with Crippen molar-refractivity contribution >= 4 is 22.7 Å². The molecule has 0 amide bonds. The topological polar surface area (TPSA) is 49.8 Å². The summed E-state index contributed by atoms with van der Waals surface area (Å²) in [7, 11) is 1.86. The second kappa shape index (κ2) is 6.29. The maximum absolute atomic E-state index is 4.63. The SMILES string of the molecule is CCC1CCCC(Nc2nc(NC)nc3ccccc23)C1. The third kappa shape index (κ3) is 3.09. The van der Waals surface area contributed by atoms with E-state index in [1.165, 1.54) is 32.1 Å². The average molecular weight is 284 g/mol. The van der Waals surface area contributed by atoms with E-state index in [0.717, 1.165) is 22.6 Å². The van der Waals surface area contributed by atoms with E-state index in [1.54, 1.807) is 0 Å². The van der Waals surface area contributed by atoms with Crippen LogP contribution in [-0.4, -0.2) is 23.1 Å². The number of rotatable bonds is 4. The number of benzene rings is 1. The summed E-state index contributed by atoms with van der Waals surface area (Å²) in [6.07, 6.45) is 6.47. The molecule has 112 valence electrons. The number of fused-ring (bicyclic) bond motifs is 1. The molecule has 4 nitrogen and oxygen atoms in total. The van der Waals surface area contributed by atoms with Crippen LogP contribution in [0.3, 0.4) is 0 Å². The molecule has 1 saturated carbocycles. The van der Waals surface area contributed by atoms with Crippen LogP contribution in [0.25, 0.3) is 10.9 Å². The lowest BCUT2D eigenvalue weighted by Crippen LogP contribution is -2.27. The van der Waals surface area contributed by atoms with Gasteiger partial charge in [-0.3, -0.25) is 0 Å². The van der Waals surface area contributed by atoms with Gasteiger partial charge in [-0.2, -0.15) is 4.98 Å². The Morgan fingerprint density at radius 1 is 1.19 bits per heavy atom. The smallest absolute Gasteiger partial charge is 0.224 e. The molecule has 2 atom stereocenters. The summed E-state index contributed by atoms with van der Waals surface area (Å²) in [6, 6.07) is 8.74. The molecule has 0 spiro atoms. The molecule has 1 heterocycles. The summed E-state index contributed by atoms with van der Waals surface area (Å²) in [5.74, 6) is 2.50. The highest BCUT2D eigenvalue weighted by atomic mass is 15.1. The van der Waals surface area contributed by atoms with Crippen LogP contribution >= 0.6 is 0 Å². The van der Waals surface area contributed by atoms with E-state index in [2.05, 4.69) is 33.6 Å². The van der Waals surface area contributed by atoms with Gasteiger partial charge in [0.25, 0.3) is 0 Å². The fraction of sp³-hybridized carbons (Fsp3) is 0.529. The maximum atomic E-state index is 4.63. The van der Waals surface area contributed by atoms with Crippen molar-refractivity contribution in [3.05, 3.63) is 24.3 Å². The molecule has 1 aliphatic carbocycles. The normalized spacial score (nSPS) is 22.2. The molecular formula is C17H24N4. The maximum Gasteiger partial charge on any atom is 0.224 e.